The molecule has 1 heterocycles. The summed E-state index contributed by atoms with van der Waals surface area (Å²) in [4.78, 5) is 37.4. The Labute approximate surface area is 146 Å². The molecule has 1 saturated heterocycles. The number of Topliss-reactive ketones (excluding diaryl/α,β-unsaturated/α-hetero) is 1. The number of hydrogen-bond donors (Lipinski definition) is 0. The first-order chi connectivity index (χ1) is 11.5. The van der Waals surface area contributed by atoms with Crippen LogP contribution in [0.2, 0.25) is 5.02 Å². The molecule has 2 rings (SSSR count). The summed E-state index contributed by atoms with van der Waals surface area (Å²) in [6, 6.07) is 6.50. The number of benzene rings is 1. The third-order valence-corrected chi connectivity index (χ3v) is 4.34. The van der Waals surface area contributed by atoms with E-state index < -0.39 is 5.97 Å². The summed E-state index contributed by atoms with van der Waals surface area (Å²) >= 11 is 5.77. The maximum absolute atomic E-state index is 12.0. The van der Waals surface area contributed by atoms with E-state index in [4.69, 9.17) is 16.3 Å². The predicted octanol–water partition coefficient (Wildman–Crippen LogP) is 3.10. The molecule has 1 fully saturated rings. The van der Waals surface area contributed by atoms with Crippen molar-refractivity contribution in [3.63, 3.8) is 0 Å². The largest absolute Gasteiger partial charge is 0.456 e. The molecule has 0 N–H and O–H groups in total. The topological polar surface area (TPSA) is 63.7 Å². The fourth-order valence-corrected chi connectivity index (χ4v) is 2.84. The second kappa shape index (κ2) is 8.83. The molecule has 1 unspecified atom stereocenters. The van der Waals surface area contributed by atoms with Crippen molar-refractivity contribution >= 4 is 29.3 Å². The second-order valence-electron chi connectivity index (χ2n) is 6.18. The Balaban J connectivity index is 1.70. The van der Waals surface area contributed by atoms with Gasteiger partial charge in [-0.25, -0.2) is 0 Å². The number of carbonyl (C=O) groups excluding carboxylic acids is 3. The van der Waals surface area contributed by atoms with Crippen LogP contribution < -0.4 is 0 Å². The molecule has 5 nitrogen and oxygen atoms in total. The quantitative estimate of drug-likeness (QED) is 0.583. The van der Waals surface area contributed by atoms with Crippen molar-refractivity contribution in [3.05, 3.63) is 34.9 Å². The third kappa shape index (κ3) is 5.64. The van der Waals surface area contributed by atoms with E-state index in [1.165, 1.54) is 0 Å². The average Bonchev–Trinajstić information content (AvgIpc) is 2.58. The lowest BCUT2D eigenvalue weighted by molar-refractivity contribution is -0.152. The number of nitrogens with zero attached hydrogens (tertiary/aromatic N) is 1. The van der Waals surface area contributed by atoms with Crippen LogP contribution >= 0.6 is 11.6 Å². The van der Waals surface area contributed by atoms with Gasteiger partial charge >= 0.3 is 5.97 Å². The van der Waals surface area contributed by atoms with Crippen molar-refractivity contribution < 1.29 is 19.1 Å². The van der Waals surface area contributed by atoms with E-state index >= 15 is 0 Å². The molecule has 0 radical (unpaired) electrons. The van der Waals surface area contributed by atoms with E-state index in [1.54, 1.807) is 29.2 Å². The first-order valence-corrected chi connectivity index (χ1v) is 8.55. The molecule has 1 aromatic rings. The minimum atomic E-state index is -0.532. The molecule has 0 saturated carbocycles. The first-order valence-electron chi connectivity index (χ1n) is 8.18. The highest BCUT2D eigenvalue weighted by molar-refractivity contribution is 6.30. The number of ether oxygens (including phenoxy) is 1. The smallest absolute Gasteiger partial charge is 0.306 e. The van der Waals surface area contributed by atoms with Crippen molar-refractivity contribution in [3.8, 4) is 0 Å². The standard InChI is InChI=1S/C18H22ClNO4/c1-13-3-2-10-20(11-13)17(22)12-24-18(23)9-8-16(21)14-4-6-15(19)7-5-14/h4-7,13H,2-3,8-12H2,1H3. The van der Waals surface area contributed by atoms with Gasteiger partial charge in [0.2, 0.25) is 0 Å². The highest BCUT2D eigenvalue weighted by atomic mass is 35.5. The predicted molar refractivity (Wildman–Crippen MR) is 91.0 cm³/mol. The molecule has 0 aromatic heterocycles. The summed E-state index contributed by atoms with van der Waals surface area (Å²) in [6.07, 6.45) is 2.12. The molecule has 1 aliphatic heterocycles. The zero-order chi connectivity index (χ0) is 17.5. The molecule has 0 bridgehead atoms. The van der Waals surface area contributed by atoms with Gasteiger partial charge in [0.1, 0.15) is 0 Å². The van der Waals surface area contributed by atoms with Crippen molar-refractivity contribution in [2.45, 2.75) is 32.6 Å². The van der Waals surface area contributed by atoms with Crippen LogP contribution in [0.4, 0.5) is 0 Å². The van der Waals surface area contributed by atoms with Crippen LogP contribution in [0.5, 0.6) is 0 Å². The van der Waals surface area contributed by atoms with Gasteiger partial charge in [-0.1, -0.05) is 18.5 Å². The number of amides is 1. The van der Waals surface area contributed by atoms with Crippen LogP contribution in [0.3, 0.4) is 0 Å². The summed E-state index contributed by atoms with van der Waals surface area (Å²) in [5, 5.41) is 0.552. The van der Waals surface area contributed by atoms with E-state index in [1.807, 2.05) is 0 Å². The van der Waals surface area contributed by atoms with Crippen LogP contribution in [0.1, 0.15) is 43.0 Å². The number of piperidine rings is 1. The molecular formula is C18H22ClNO4. The molecule has 1 aliphatic rings. The molecule has 0 aliphatic carbocycles. The number of hydrogen-bond acceptors (Lipinski definition) is 4. The summed E-state index contributed by atoms with van der Waals surface area (Å²) in [5.41, 5.74) is 0.505. The van der Waals surface area contributed by atoms with E-state index in [-0.39, 0.29) is 31.1 Å². The van der Waals surface area contributed by atoms with Crippen LogP contribution in [-0.4, -0.2) is 42.3 Å². The maximum atomic E-state index is 12.0. The normalized spacial score (nSPS) is 17.4. The highest BCUT2D eigenvalue weighted by Crippen LogP contribution is 2.15. The van der Waals surface area contributed by atoms with Crippen molar-refractivity contribution in [2.24, 2.45) is 5.92 Å². The van der Waals surface area contributed by atoms with E-state index in [9.17, 15) is 14.4 Å². The summed E-state index contributed by atoms with van der Waals surface area (Å²) in [6.45, 7) is 3.29. The fraction of sp³-hybridized carbons (Fsp3) is 0.500. The number of ketones is 1. The minimum Gasteiger partial charge on any atom is -0.456 e. The Kier molecular flexibility index (Phi) is 6.79. The lowest BCUT2D eigenvalue weighted by atomic mass is 10.0. The summed E-state index contributed by atoms with van der Waals surface area (Å²) < 4.78 is 4.99. The van der Waals surface area contributed by atoms with Gasteiger partial charge in [0.05, 0.1) is 6.42 Å². The van der Waals surface area contributed by atoms with E-state index in [0.29, 0.717) is 23.0 Å². The van der Waals surface area contributed by atoms with Crippen molar-refractivity contribution in [1.82, 2.24) is 4.90 Å². The molecule has 1 amide bonds. The zero-order valence-corrected chi connectivity index (χ0v) is 14.6. The molecule has 0 spiro atoms. The zero-order valence-electron chi connectivity index (χ0n) is 13.8. The van der Waals surface area contributed by atoms with Gasteiger partial charge in [-0.05, 0) is 43.0 Å². The van der Waals surface area contributed by atoms with Gasteiger partial charge in [-0.15, -0.1) is 0 Å². The SMILES string of the molecule is CC1CCCN(C(=O)COC(=O)CCC(=O)c2ccc(Cl)cc2)C1. The highest BCUT2D eigenvalue weighted by Gasteiger charge is 2.21. The Hall–Kier alpha value is -1.88. The van der Waals surface area contributed by atoms with Crippen LogP contribution in [-0.2, 0) is 14.3 Å². The average molecular weight is 352 g/mol. The fourth-order valence-electron chi connectivity index (χ4n) is 2.72. The number of likely N-dealkylation sites (tertiary alicyclic amines) is 1. The Morgan fingerprint density at radius 2 is 1.92 bits per heavy atom. The number of halogens is 1. The van der Waals surface area contributed by atoms with Crippen molar-refractivity contribution in [2.75, 3.05) is 19.7 Å². The molecular weight excluding hydrogens is 330 g/mol. The Bertz CT molecular complexity index is 600. The summed E-state index contributed by atoms with van der Waals surface area (Å²) in [7, 11) is 0. The monoisotopic (exact) mass is 351 g/mol. The second-order valence-corrected chi connectivity index (χ2v) is 6.61. The van der Waals surface area contributed by atoms with Crippen LogP contribution in [0.25, 0.3) is 0 Å². The number of rotatable bonds is 6. The Morgan fingerprint density at radius 1 is 1.21 bits per heavy atom. The summed E-state index contributed by atoms with van der Waals surface area (Å²) in [5.74, 6) is -0.371. The maximum Gasteiger partial charge on any atom is 0.306 e. The van der Waals surface area contributed by atoms with Gasteiger partial charge in [0.15, 0.2) is 12.4 Å². The van der Waals surface area contributed by atoms with Gasteiger partial charge < -0.3 is 9.64 Å². The first kappa shape index (κ1) is 18.5. The molecule has 6 heteroatoms. The Morgan fingerprint density at radius 3 is 2.58 bits per heavy atom. The van der Waals surface area contributed by atoms with Gasteiger partial charge in [0, 0.05) is 30.1 Å². The lowest BCUT2D eigenvalue weighted by Gasteiger charge is -2.30. The van der Waals surface area contributed by atoms with Crippen LogP contribution in [0, 0.1) is 5.92 Å². The van der Waals surface area contributed by atoms with E-state index in [0.717, 1.165) is 19.4 Å². The lowest BCUT2D eigenvalue weighted by Crippen LogP contribution is -2.41. The van der Waals surface area contributed by atoms with Gasteiger partial charge in [-0.2, -0.15) is 0 Å². The van der Waals surface area contributed by atoms with E-state index in [2.05, 4.69) is 6.92 Å². The molecule has 130 valence electrons. The van der Waals surface area contributed by atoms with Gasteiger partial charge in [-0.3, -0.25) is 14.4 Å². The van der Waals surface area contributed by atoms with Crippen molar-refractivity contribution in [1.29, 1.82) is 0 Å². The van der Waals surface area contributed by atoms with Gasteiger partial charge in [0.25, 0.3) is 5.91 Å². The molecule has 1 aromatic carbocycles. The number of esters is 1. The molecule has 24 heavy (non-hydrogen) atoms. The van der Waals surface area contributed by atoms with Crippen LogP contribution in [0.15, 0.2) is 24.3 Å². The molecule has 1 atom stereocenters. The number of carbonyl (C=O) groups is 3. The third-order valence-electron chi connectivity index (χ3n) is 4.09. The minimum absolute atomic E-state index is 0.0366.